The van der Waals surface area contributed by atoms with Crippen molar-refractivity contribution in [1.82, 2.24) is 4.90 Å². The maximum absolute atomic E-state index is 5.98. The summed E-state index contributed by atoms with van der Waals surface area (Å²) < 4.78 is 0. The highest BCUT2D eigenvalue weighted by Gasteiger charge is 2.37. The molecule has 2 rings (SSSR count). The van der Waals surface area contributed by atoms with Gasteiger partial charge in [0.15, 0.2) is 0 Å². The minimum atomic E-state index is 0.273. The second kappa shape index (κ2) is 7.31. The zero-order valence-corrected chi connectivity index (χ0v) is 14.1. The summed E-state index contributed by atoms with van der Waals surface area (Å²) in [5, 5.41) is 0. The zero-order valence-electron chi connectivity index (χ0n) is 14.1. The number of hydrogen-bond acceptors (Lipinski definition) is 2. The molecule has 0 aromatic heterocycles. The molecule has 1 aliphatic heterocycles. The van der Waals surface area contributed by atoms with Gasteiger partial charge in [0.05, 0.1) is 0 Å². The molecule has 2 atom stereocenters. The average molecular weight is 288 g/mol. The van der Waals surface area contributed by atoms with Crippen LogP contribution in [0.3, 0.4) is 0 Å². The van der Waals surface area contributed by atoms with Crippen LogP contribution in [0.25, 0.3) is 0 Å². The number of nitrogens with two attached hydrogens (primary N) is 1. The van der Waals surface area contributed by atoms with E-state index in [9.17, 15) is 0 Å². The van der Waals surface area contributed by atoms with Gasteiger partial charge in [0.2, 0.25) is 0 Å². The molecule has 0 spiro atoms. The molecule has 1 fully saturated rings. The minimum absolute atomic E-state index is 0.273. The van der Waals surface area contributed by atoms with E-state index in [4.69, 9.17) is 5.73 Å². The number of piperidine rings is 1. The fourth-order valence-electron chi connectivity index (χ4n) is 3.60. The number of hydrogen-bond donors (Lipinski definition) is 1. The third-order valence-corrected chi connectivity index (χ3v) is 5.44. The lowest BCUT2D eigenvalue weighted by Crippen LogP contribution is -2.47. The third kappa shape index (κ3) is 4.00. The highest BCUT2D eigenvalue weighted by molar-refractivity contribution is 5.43. The molecule has 0 amide bonds. The Balaban J connectivity index is 1.94. The van der Waals surface area contributed by atoms with Crippen LogP contribution >= 0.6 is 0 Å². The van der Waals surface area contributed by atoms with Crippen molar-refractivity contribution in [3.05, 3.63) is 29.8 Å². The van der Waals surface area contributed by atoms with E-state index in [1.54, 1.807) is 0 Å². The fourth-order valence-corrected chi connectivity index (χ4v) is 3.60. The van der Waals surface area contributed by atoms with Crippen molar-refractivity contribution in [2.45, 2.75) is 58.3 Å². The van der Waals surface area contributed by atoms with Crippen LogP contribution in [0.15, 0.2) is 24.3 Å². The molecule has 1 saturated heterocycles. The molecule has 118 valence electrons. The Morgan fingerprint density at radius 1 is 1.29 bits per heavy atom. The van der Waals surface area contributed by atoms with E-state index in [1.165, 1.54) is 57.3 Å². The van der Waals surface area contributed by atoms with Gasteiger partial charge >= 0.3 is 0 Å². The van der Waals surface area contributed by atoms with Crippen LogP contribution in [0.4, 0.5) is 5.69 Å². The molecule has 1 aromatic carbocycles. The first-order valence-electron chi connectivity index (χ1n) is 8.64. The molecule has 2 unspecified atom stereocenters. The summed E-state index contributed by atoms with van der Waals surface area (Å²) in [5.41, 5.74) is 8.56. The molecule has 1 aromatic rings. The van der Waals surface area contributed by atoms with Gasteiger partial charge in [0.25, 0.3) is 0 Å². The van der Waals surface area contributed by atoms with Gasteiger partial charge in [0, 0.05) is 12.2 Å². The highest BCUT2D eigenvalue weighted by Crippen LogP contribution is 2.39. The largest absolute Gasteiger partial charge is 0.399 e. The predicted molar refractivity (Wildman–Crippen MR) is 92.6 cm³/mol. The van der Waals surface area contributed by atoms with E-state index < -0.39 is 0 Å². The van der Waals surface area contributed by atoms with Crippen molar-refractivity contribution < 1.29 is 0 Å². The van der Waals surface area contributed by atoms with Crippen LogP contribution in [0.1, 0.15) is 58.4 Å². The first kappa shape index (κ1) is 16.4. The van der Waals surface area contributed by atoms with Gasteiger partial charge in [-0.1, -0.05) is 52.2 Å². The molecule has 0 aliphatic carbocycles. The summed E-state index contributed by atoms with van der Waals surface area (Å²) in [4.78, 5) is 2.66. The second-order valence-electron chi connectivity index (χ2n) is 7.06. The van der Waals surface area contributed by atoms with Crippen molar-refractivity contribution in [2.24, 2.45) is 5.92 Å². The van der Waals surface area contributed by atoms with Gasteiger partial charge in [-0.25, -0.2) is 0 Å². The van der Waals surface area contributed by atoms with Gasteiger partial charge in [-0.3, -0.25) is 0 Å². The lowest BCUT2D eigenvalue weighted by atomic mass is 9.68. The second-order valence-corrected chi connectivity index (χ2v) is 7.06. The van der Waals surface area contributed by atoms with Gasteiger partial charge in [0.1, 0.15) is 0 Å². The van der Waals surface area contributed by atoms with E-state index >= 15 is 0 Å². The standard InChI is InChI=1S/C19H32N2/c1-4-5-6-7-12-21-13-11-19(3,16(2)15-21)17-9-8-10-18(20)14-17/h8-10,14,16H,4-7,11-13,15,20H2,1-3H3. The SMILES string of the molecule is CCCCCCN1CCC(C)(c2cccc(N)c2)C(C)C1. The quantitative estimate of drug-likeness (QED) is 0.619. The van der Waals surface area contributed by atoms with Crippen molar-refractivity contribution in [3.63, 3.8) is 0 Å². The smallest absolute Gasteiger partial charge is 0.0316 e. The average Bonchev–Trinajstić information content (AvgIpc) is 2.47. The Labute approximate surface area is 130 Å². The molecule has 1 heterocycles. The van der Waals surface area contributed by atoms with Gasteiger partial charge < -0.3 is 10.6 Å². The summed E-state index contributed by atoms with van der Waals surface area (Å²) >= 11 is 0. The van der Waals surface area contributed by atoms with E-state index in [0.717, 1.165) is 5.69 Å². The topological polar surface area (TPSA) is 29.3 Å². The van der Waals surface area contributed by atoms with E-state index in [2.05, 4.69) is 43.9 Å². The molecular weight excluding hydrogens is 256 g/mol. The van der Waals surface area contributed by atoms with Gasteiger partial charge in [-0.05, 0) is 55.0 Å². The fraction of sp³-hybridized carbons (Fsp3) is 0.684. The third-order valence-electron chi connectivity index (χ3n) is 5.44. The number of nitrogen functional groups attached to an aromatic ring is 1. The number of rotatable bonds is 6. The van der Waals surface area contributed by atoms with Crippen LogP contribution < -0.4 is 5.73 Å². The van der Waals surface area contributed by atoms with E-state index in [0.29, 0.717) is 5.92 Å². The molecule has 2 nitrogen and oxygen atoms in total. The van der Waals surface area contributed by atoms with Crippen LogP contribution in [-0.4, -0.2) is 24.5 Å². The molecular formula is C19H32N2. The molecule has 21 heavy (non-hydrogen) atoms. The Morgan fingerprint density at radius 3 is 2.76 bits per heavy atom. The molecule has 0 bridgehead atoms. The predicted octanol–water partition coefficient (Wildman–Crippen LogP) is 4.45. The molecule has 2 heteroatoms. The molecule has 1 aliphatic rings. The van der Waals surface area contributed by atoms with Gasteiger partial charge in [-0.2, -0.15) is 0 Å². The lowest BCUT2D eigenvalue weighted by molar-refractivity contribution is 0.109. The first-order chi connectivity index (χ1) is 10.1. The maximum atomic E-state index is 5.98. The number of likely N-dealkylation sites (tertiary alicyclic amines) is 1. The zero-order chi connectivity index (χ0) is 15.3. The monoisotopic (exact) mass is 288 g/mol. The van der Waals surface area contributed by atoms with Crippen LogP contribution in [0.5, 0.6) is 0 Å². The maximum Gasteiger partial charge on any atom is 0.0316 e. The summed E-state index contributed by atoms with van der Waals surface area (Å²) in [6.07, 6.45) is 6.68. The summed E-state index contributed by atoms with van der Waals surface area (Å²) in [5.74, 6) is 0.680. The number of anilines is 1. The lowest BCUT2D eigenvalue weighted by Gasteiger charge is -2.45. The molecule has 0 radical (unpaired) electrons. The summed E-state index contributed by atoms with van der Waals surface area (Å²) in [6, 6.07) is 8.51. The van der Waals surface area contributed by atoms with E-state index in [1.807, 2.05) is 6.07 Å². The Bertz CT molecular complexity index is 443. The van der Waals surface area contributed by atoms with Crippen LogP contribution in [0.2, 0.25) is 0 Å². The Morgan fingerprint density at radius 2 is 2.10 bits per heavy atom. The number of benzene rings is 1. The van der Waals surface area contributed by atoms with Crippen molar-refractivity contribution in [3.8, 4) is 0 Å². The normalized spacial score (nSPS) is 26.9. The molecule has 0 saturated carbocycles. The first-order valence-corrected chi connectivity index (χ1v) is 8.64. The Kier molecular flexibility index (Phi) is 5.69. The van der Waals surface area contributed by atoms with Gasteiger partial charge in [-0.15, -0.1) is 0 Å². The Hall–Kier alpha value is -1.02. The minimum Gasteiger partial charge on any atom is -0.399 e. The van der Waals surface area contributed by atoms with Crippen LogP contribution in [0, 0.1) is 5.92 Å². The number of nitrogens with zero attached hydrogens (tertiary/aromatic N) is 1. The van der Waals surface area contributed by atoms with Crippen molar-refractivity contribution in [2.75, 3.05) is 25.4 Å². The summed E-state index contributed by atoms with van der Waals surface area (Å²) in [7, 11) is 0. The molecule has 2 N–H and O–H groups in total. The number of unbranched alkanes of at least 4 members (excludes halogenated alkanes) is 3. The van der Waals surface area contributed by atoms with Crippen molar-refractivity contribution in [1.29, 1.82) is 0 Å². The highest BCUT2D eigenvalue weighted by atomic mass is 15.1. The van der Waals surface area contributed by atoms with Crippen LogP contribution in [-0.2, 0) is 5.41 Å². The van der Waals surface area contributed by atoms with E-state index in [-0.39, 0.29) is 5.41 Å². The summed E-state index contributed by atoms with van der Waals surface area (Å²) in [6.45, 7) is 10.8. The van der Waals surface area contributed by atoms with Crippen molar-refractivity contribution >= 4 is 5.69 Å².